The average Bonchev–Trinajstić information content (AvgIpc) is 2.66. The number of hydrogen-bond donors (Lipinski definition) is 2. The van der Waals surface area contributed by atoms with Crippen molar-refractivity contribution in [1.29, 1.82) is 0 Å². The van der Waals surface area contributed by atoms with Crippen LogP contribution in [0.3, 0.4) is 0 Å². The van der Waals surface area contributed by atoms with Crippen molar-refractivity contribution in [3.8, 4) is 0 Å². The number of piperidine rings is 1. The molecule has 1 aromatic heterocycles. The van der Waals surface area contributed by atoms with Gasteiger partial charge in [-0.15, -0.1) is 23.7 Å². The van der Waals surface area contributed by atoms with Crippen molar-refractivity contribution in [2.45, 2.75) is 19.4 Å². The zero-order chi connectivity index (χ0) is 10.5. The molecule has 1 aliphatic rings. The average molecular weight is 326 g/mol. The van der Waals surface area contributed by atoms with E-state index in [0.717, 1.165) is 19.0 Å². The van der Waals surface area contributed by atoms with Gasteiger partial charge >= 0.3 is 0 Å². The monoisotopic (exact) mass is 324 g/mol. The summed E-state index contributed by atoms with van der Waals surface area (Å²) < 4.78 is 1.22. The molecule has 2 rings (SSSR count). The summed E-state index contributed by atoms with van der Waals surface area (Å²) in [5.74, 6) is 0.870. The summed E-state index contributed by atoms with van der Waals surface area (Å²) in [6, 6.07) is 4.30. The molecule has 0 amide bonds. The molecule has 0 aliphatic carbocycles. The van der Waals surface area contributed by atoms with E-state index in [4.69, 9.17) is 0 Å². The fourth-order valence-electron chi connectivity index (χ4n) is 1.93. The molecular formula is C11H18BrClN2S. The highest BCUT2D eigenvalue weighted by molar-refractivity contribution is 9.11. The predicted octanol–water partition coefficient (Wildman–Crippen LogP) is 3.02. The first-order chi connectivity index (χ1) is 7.34. The zero-order valence-corrected chi connectivity index (χ0v) is 12.4. The van der Waals surface area contributed by atoms with E-state index in [-0.39, 0.29) is 12.4 Å². The minimum absolute atomic E-state index is 0. The smallest absolute Gasteiger partial charge is 0.0701 e. The van der Waals surface area contributed by atoms with E-state index in [2.05, 4.69) is 38.7 Å². The fourth-order valence-corrected chi connectivity index (χ4v) is 3.38. The van der Waals surface area contributed by atoms with E-state index in [0.29, 0.717) is 0 Å². The third kappa shape index (κ3) is 4.72. The van der Waals surface area contributed by atoms with E-state index in [1.807, 2.05) is 11.3 Å². The first-order valence-corrected chi connectivity index (χ1v) is 7.11. The molecule has 5 heteroatoms. The lowest BCUT2D eigenvalue weighted by Crippen LogP contribution is -2.33. The lowest BCUT2D eigenvalue weighted by atomic mass is 9.98. The van der Waals surface area contributed by atoms with E-state index in [1.165, 1.54) is 34.6 Å². The summed E-state index contributed by atoms with van der Waals surface area (Å²) in [7, 11) is 0. The summed E-state index contributed by atoms with van der Waals surface area (Å²) in [5, 5.41) is 6.94. The molecule has 0 bridgehead atoms. The molecule has 1 aromatic rings. The van der Waals surface area contributed by atoms with Gasteiger partial charge in [0.2, 0.25) is 0 Å². The molecule has 0 aromatic carbocycles. The van der Waals surface area contributed by atoms with Gasteiger partial charge in [-0.3, -0.25) is 0 Å². The summed E-state index contributed by atoms with van der Waals surface area (Å²) in [5.41, 5.74) is 0. The quantitative estimate of drug-likeness (QED) is 0.889. The highest BCUT2D eigenvalue weighted by Gasteiger charge is 2.11. The van der Waals surface area contributed by atoms with Crippen LogP contribution in [0, 0.1) is 5.92 Å². The lowest BCUT2D eigenvalue weighted by Gasteiger charge is -2.22. The second-order valence-electron chi connectivity index (χ2n) is 4.03. The Labute approximate surface area is 116 Å². The normalized spacial score (nSPS) is 17.1. The molecule has 2 nitrogen and oxygen atoms in total. The molecule has 0 atom stereocenters. The van der Waals surface area contributed by atoms with Crippen molar-refractivity contribution >= 4 is 39.7 Å². The molecule has 1 aliphatic heterocycles. The van der Waals surface area contributed by atoms with Gasteiger partial charge in [-0.1, -0.05) is 0 Å². The van der Waals surface area contributed by atoms with Crippen LogP contribution in [0.4, 0.5) is 0 Å². The van der Waals surface area contributed by atoms with Gasteiger partial charge in [-0.25, -0.2) is 0 Å². The molecular weight excluding hydrogens is 308 g/mol. The molecule has 0 unspecified atom stereocenters. The van der Waals surface area contributed by atoms with Crippen LogP contribution < -0.4 is 10.6 Å². The van der Waals surface area contributed by atoms with Crippen molar-refractivity contribution in [2.24, 2.45) is 5.92 Å². The summed E-state index contributed by atoms with van der Waals surface area (Å²) in [4.78, 5) is 1.41. The largest absolute Gasteiger partial charge is 0.317 e. The topological polar surface area (TPSA) is 24.1 Å². The molecule has 0 radical (unpaired) electrons. The molecule has 1 fully saturated rings. The lowest BCUT2D eigenvalue weighted by molar-refractivity contribution is 0.357. The van der Waals surface area contributed by atoms with Crippen LogP contribution in [0.5, 0.6) is 0 Å². The van der Waals surface area contributed by atoms with Crippen LogP contribution in [0.15, 0.2) is 15.9 Å². The van der Waals surface area contributed by atoms with Gasteiger partial charge in [0.15, 0.2) is 0 Å². The van der Waals surface area contributed by atoms with Crippen LogP contribution in [-0.2, 0) is 6.54 Å². The Balaban J connectivity index is 0.00000128. The molecule has 0 saturated carbocycles. The van der Waals surface area contributed by atoms with Crippen molar-refractivity contribution in [3.05, 3.63) is 20.8 Å². The minimum Gasteiger partial charge on any atom is -0.317 e. The maximum absolute atomic E-state index is 3.55. The molecule has 0 spiro atoms. The van der Waals surface area contributed by atoms with Crippen LogP contribution in [0.25, 0.3) is 0 Å². The summed E-state index contributed by atoms with van der Waals surface area (Å²) in [6.45, 7) is 4.56. The van der Waals surface area contributed by atoms with E-state index in [1.54, 1.807) is 0 Å². The van der Waals surface area contributed by atoms with Crippen molar-refractivity contribution in [2.75, 3.05) is 19.6 Å². The first-order valence-electron chi connectivity index (χ1n) is 5.50. The number of hydrogen-bond acceptors (Lipinski definition) is 3. The Morgan fingerprint density at radius 2 is 2.12 bits per heavy atom. The van der Waals surface area contributed by atoms with Crippen molar-refractivity contribution < 1.29 is 0 Å². The van der Waals surface area contributed by atoms with Gasteiger partial charge in [0.1, 0.15) is 0 Å². The highest BCUT2D eigenvalue weighted by Crippen LogP contribution is 2.21. The van der Waals surface area contributed by atoms with Gasteiger partial charge in [0.05, 0.1) is 3.79 Å². The minimum atomic E-state index is 0. The Hall–Kier alpha value is 0.390. The van der Waals surface area contributed by atoms with Crippen molar-refractivity contribution in [1.82, 2.24) is 10.6 Å². The summed E-state index contributed by atoms with van der Waals surface area (Å²) >= 11 is 5.30. The number of rotatable bonds is 4. The number of halogens is 2. The molecule has 2 heterocycles. The van der Waals surface area contributed by atoms with Crippen LogP contribution in [0.2, 0.25) is 0 Å². The SMILES string of the molecule is Brc1ccc(CNCC2CCNCC2)s1.Cl. The second-order valence-corrected chi connectivity index (χ2v) is 6.58. The maximum Gasteiger partial charge on any atom is 0.0701 e. The van der Waals surface area contributed by atoms with E-state index >= 15 is 0 Å². The van der Waals surface area contributed by atoms with Gasteiger partial charge in [-0.2, -0.15) is 0 Å². The van der Waals surface area contributed by atoms with Crippen LogP contribution in [-0.4, -0.2) is 19.6 Å². The predicted molar refractivity (Wildman–Crippen MR) is 76.6 cm³/mol. The Morgan fingerprint density at radius 1 is 1.38 bits per heavy atom. The van der Waals surface area contributed by atoms with E-state index in [9.17, 15) is 0 Å². The van der Waals surface area contributed by atoms with Crippen molar-refractivity contribution in [3.63, 3.8) is 0 Å². The Kier molecular flexibility index (Phi) is 6.92. The first kappa shape index (κ1) is 14.5. The molecule has 92 valence electrons. The second kappa shape index (κ2) is 7.67. The number of thiophene rings is 1. The number of nitrogens with one attached hydrogen (secondary N) is 2. The van der Waals surface area contributed by atoms with E-state index < -0.39 is 0 Å². The Morgan fingerprint density at radius 3 is 2.75 bits per heavy atom. The zero-order valence-electron chi connectivity index (χ0n) is 9.17. The van der Waals surface area contributed by atoms with Crippen LogP contribution in [0.1, 0.15) is 17.7 Å². The highest BCUT2D eigenvalue weighted by atomic mass is 79.9. The van der Waals surface area contributed by atoms with Gasteiger partial charge in [0, 0.05) is 11.4 Å². The maximum atomic E-state index is 3.55. The molecule has 1 saturated heterocycles. The summed E-state index contributed by atoms with van der Waals surface area (Å²) in [6.07, 6.45) is 2.64. The molecule has 2 N–H and O–H groups in total. The molecule has 16 heavy (non-hydrogen) atoms. The van der Waals surface area contributed by atoms with Gasteiger partial charge in [-0.05, 0) is 66.5 Å². The third-order valence-electron chi connectivity index (χ3n) is 2.82. The fraction of sp³-hybridized carbons (Fsp3) is 0.636. The standard InChI is InChI=1S/C11H17BrN2S.ClH/c12-11-2-1-10(15-11)8-14-7-9-3-5-13-6-4-9;/h1-2,9,13-14H,3-8H2;1H. The van der Waals surface area contributed by atoms with Gasteiger partial charge in [0.25, 0.3) is 0 Å². The Bertz CT molecular complexity index is 300. The van der Waals surface area contributed by atoms with Crippen LogP contribution >= 0.6 is 39.7 Å². The van der Waals surface area contributed by atoms with Gasteiger partial charge < -0.3 is 10.6 Å². The third-order valence-corrected chi connectivity index (χ3v) is 4.44.